The lowest BCUT2D eigenvalue weighted by atomic mass is 9.84. The molecule has 0 spiro atoms. The highest BCUT2D eigenvalue weighted by molar-refractivity contribution is 5.63. The highest BCUT2D eigenvalue weighted by Gasteiger charge is 2.54. The van der Waals surface area contributed by atoms with Crippen molar-refractivity contribution in [2.45, 2.75) is 24.8 Å². The van der Waals surface area contributed by atoms with E-state index in [0.29, 0.717) is 11.1 Å². The van der Waals surface area contributed by atoms with Crippen molar-refractivity contribution < 1.29 is 33.2 Å². The van der Waals surface area contributed by atoms with Gasteiger partial charge < -0.3 is 20.1 Å². The fourth-order valence-electron chi connectivity index (χ4n) is 3.64. The van der Waals surface area contributed by atoms with Crippen molar-refractivity contribution in [1.29, 1.82) is 0 Å². The van der Waals surface area contributed by atoms with E-state index in [1.165, 1.54) is 12.1 Å². The van der Waals surface area contributed by atoms with E-state index >= 15 is 0 Å². The minimum Gasteiger partial charge on any atom is -0.494 e. The number of hydrogen-bond acceptors (Lipinski definition) is 4. The van der Waals surface area contributed by atoms with Gasteiger partial charge in [0.25, 0.3) is 0 Å². The van der Waals surface area contributed by atoms with Gasteiger partial charge in [0.15, 0.2) is 0 Å². The Morgan fingerprint density at radius 2 is 1.96 bits per heavy atom. The quantitative estimate of drug-likeness (QED) is 0.725. The van der Waals surface area contributed by atoms with E-state index in [2.05, 4.69) is 0 Å². The molecule has 3 heterocycles. The average Bonchev–Trinajstić information content (AvgIpc) is 3.12. The summed E-state index contributed by atoms with van der Waals surface area (Å²) in [4.78, 5) is 0. The molecular weight excluding hydrogens is 339 g/mol. The van der Waals surface area contributed by atoms with Gasteiger partial charge in [-0.1, -0.05) is 6.07 Å². The lowest BCUT2D eigenvalue weighted by molar-refractivity contribution is -0.137. The first-order chi connectivity index (χ1) is 11.7. The smallest absolute Gasteiger partial charge is 0.416 e. The molecule has 2 aliphatic heterocycles. The molecular formula is C17H14F3NO4. The molecule has 0 amide bonds. The molecule has 2 atom stereocenters. The lowest BCUT2D eigenvalue weighted by Crippen LogP contribution is -2.23. The van der Waals surface area contributed by atoms with Crippen molar-refractivity contribution in [1.82, 2.24) is 4.57 Å². The fourth-order valence-corrected chi connectivity index (χ4v) is 3.64. The molecule has 0 fully saturated rings. The van der Waals surface area contributed by atoms with Gasteiger partial charge in [0.1, 0.15) is 11.7 Å². The summed E-state index contributed by atoms with van der Waals surface area (Å²) in [5.74, 6) is -0.787. The summed E-state index contributed by atoms with van der Waals surface area (Å²) in [6.07, 6.45) is -3.57. The number of aromatic hydroxyl groups is 2. The number of rotatable bonds is 2. The third kappa shape index (κ3) is 1.98. The SMILES string of the molecule is CC12OC(C=C1CO)c1c2c(O)n(-c2cccc(C(F)(F)F)c2)c1O. The summed E-state index contributed by atoms with van der Waals surface area (Å²) >= 11 is 0. The molecule has 1 aromatic carbocycles. The minimum absolute atomic E-state index is 0.0206. The number of halogens is 3. The van der Waals surface area contributed by atoms with Gasteiger partial charge in [-0.25, -0.2) is 0 Å². The third-order valence-electron chi connectivity index (χ3n) is 4.85. The van der Waals surface area contributed by atoms with Crippen LogP contribution in [0.4, 0.5) is 13.2 Å². The number of aromatic nitrogens is 1. The summed E-state index contributed by atoms with van der Waals surface area (Å²) in [6, 6.07) is 4.32. The number of fused-ring (bicyclic) bond motifs is 5. The van der Waals surface area contributed by atoms with Gasteiger partial charge in [0.05, 0.1) is 29.0 Å². The minimum atomic E-state index is -4.54. The Labute approximate surface area is 140 Å². The molecule has 5 nitrogen and oxygen atoms in total. The van der Waals surface area contributed by atoms with E-state index in [-0.39, 0.29) is 23.7 Å². The maximum absolute atomic E-state index is 12.9. The second-order valence-corrected chi connectivity index (χ2v) is 6.24. The Balaban J connectivity index is 1.91. The van der Waals surface area contributed by atoms with Gasteiger partial charge in [-0.15, -0.1) is 0 Å². The van der Waals surface area contributed by atoms with Crippen LogP contribution in [-0.4, -0.2) is 26.5 Å². The highest BCUT2D eigenvalue weighted by atomic mass is 19.4. The molecule has 2 aliphatic rings. The maximum Gasteiger partial charge on any atom is 0.416 e. The van der Waals surface area contributed by atoms with Crippen LogP contribution in [-0.2, 0) is 16.5 Å². The van der Waals surface area contributed by atoms with Crippen molar-refractivity contribution >= 4 is 0 Å². The molecule has 25 heavy (non-hydrogen) atoms. The average molecular weight is 353 g/mol. The van der Waals surface area contributed by atoms with Gasteiger partial charge in [-0.05, 0) is 36.8 Å². The number of ether oxygens (including phenoxy) is 1. The van der Waals surface area contributed by atoms with Crippen LogP contribution in [0.1, 0.15) is 29.7 Å². The van der Waals surface area contributed by atoms with E-state index in [1.807, 2.05) is 0 Å². The van der Waals surface area contributed by atoms with E-state index in [4.69, 9.17) is 4.74 Å². The van der Waals surface area contributed by atoms with Gasteiger partial charge in [0.2, 0.25) is 11.8 Å². The molecule has 2 unspecified atom stereocenters. The predicted molar refractivity (Wildman–Crippen MR) is 80.4 cm³/mol. The molecule has 3 N–H and O–H groups in total. The van der Waals surface area contributed by atoms with E-state index in [9.17, 15) is 28.5 Å². The molecule has 0 aliphatic carbocycles. The second kappa shape index (κ2) is 4.80. The fraction of sp³-hybridized carbons (Fsp3) is 0.294. The second-order valence-electron chi connectivity index (χ2n) is 6.24. The van der Waals surface area contributed by atoms with Crippen molar-refractivity contribution in [2.24, 2.45) is 0 Å². The monoisotopic (exact) mass is 353 g/mol. The molecule has 132 valence electrons. The van der Waals surface area contributed by atoms with Crippen molar-refractivity contribution in [3.8, 4) is 17.4 Å². The molecule has 0 saturated heterocycles. The van der Waals surface area contributed by atoms with Crippen LogP contribution >= 0.6 is 0 Å². The number of hydrogen-bond donors (Lipinski definition) is 3. The summed E-state index contributed by atoms with van der Waals surface area (Å²) < 4.78 is 45.5. The van der Waals surface area contributed by atoms with E-state index in [1.54, 1.807) is 13.0 Å². The number of aliphatic hydroxyl groups is 1. The largest absolute Gasteiger partial charge is 0.494 e. The summed E-state index contributed by atoms with van der Waals surface area (Å²) in [7, 11) is 0. The first-order valence-corrected chi connectivity index (χ1v) is 7.53. The molecule has 2 bridgehead atoms. The normalized spacial score (nSPS) is 24.5. The van der Waals surface area contributed by atoms with Crippen LogP contribution < -0.4 is 0 Å². The molecule has 1 aromatic heterocycles. The predicted octanol–water partition coefficient (Wildman–Crippen LogP) is 3.13. The third-order valence-corrected chi connectivity index (χ3v) is 4.85. The number of nitrogens with zero attached hydrogens (tertiary/aromatic N) is 1. The Morgan fingerprint density at radius 3 is 2.60 bits per heavy atom. The molecule has 0 saturated carbocycles. The standard InChI is InChI=1S/C17H14F3NO4/c1-16-9(7-22)6-11(25-16)12-13(16)15(24)21(14(12)23)10-4-2-3-8(5-10)17(18,19)20/h2-6,11,22-24H,7H2,1H3. The summed E-state index contributed by atoms with van der Waals surface area (Å²) in [5, 5.41) is 30.6. The summed E-state index contributed by atoms with van der Waals surface area (Å²) in [6.45, 7) is 1.35. The van der Waals surface area contributed by atoms with Crippen molar-refractivity contribution in [2.75, 3.05) is 6.61 Å². The summed E-state index contributed by atoms with van der Waals surface area (Å²) in [5.41, 5.74) is -0.941. The van der Waals surface area contributed by atoms with Crippen molar-refractivity contribution in [3.05, 3.63) is 52.6 Å². The Hall–Kier alpha value is -2.45. The van der Waals surface area contributed by atoms with Gasteiger partial charge in [0, 0.05) is 0 Å². The van der Waals surface area contributed by atoms with Gasteiger partial charge in [-0.2, -0.15) is 13.2 Å². The first-order valence-electron chi connectivity index (χ1n) is 7.53. The lowest BCUT2D eigenvalue weighted by Gasteiger charge is -2.23. The van der Waals surface area contributed by atoms with Crippen LogP contribution in [0.3, 0.4) is 0 Å². The molecule has 2 aromatic rings. The van der Waals surface area contributed by atoms with Gasteiger partial charge >= 0.3 is 6.18 Å². The Morgan fingerprint density at radius 1 is 1.24 bits per heavy atom. The van der Waals surface area contributed by atoms with E-state index < -0.39 is 29.3 Å². The Kier molecular flexibility index (Phi) is 3.08. The van der Waals surface area contributed by atoms with Crippen molar-refractivity contribution in [3.63, 3.8) is 0 Å². The highest BCUT2D eigenvalue weighted by Crippen LogP contribution is 2.60. The topological polar surface area (TPSA) is 74.8 Å². The zero-order chi connectivity index (χ0) is 18.1. The van der Waals surface area contributed by atoms with Crippen LogP contribution in [0.25, 0.3) is 5.69 Å². The Bertz CT molecular complexity index is 915. The number of alkyl halides is 3. The number of benzene rings is 1. The zero-order valence-corrected chi connectivity index (χ0v) is 13.0. The zero-order valence-electron chi connectivity index (χ0n) is 13.0. The maximum atomic E-state index is 12.9. The van der Waals surface area contributed by atoms with Crippen LogP contribution in [0, 0.1) is 0 Å². The van der Waals surface area contributed by atoms with Crippen LogP contribution in [0.15, 0.2) is 35.9 Å². The van der Waals surface area contributed by atoms with Crippen LogP contribution in [0.2, 0.25) is 0 Å². The molecule has 4 rings (SSSR count). The molecule has 0 radical (unpaired) electrons. The first kappa shape index (κ1) is 16.0. The van der Waals surface area contributed by atoms with Crippen LogP contribution in [0.5, 0.6) is 11.8 Å². The molecule has 8 heteroatoms. The van der Waals surface area contributed by atoms with E-state index in [0.717, 1.165) is 16.7 Å². The number of aliphatic hydroxyl groups excluding tert-OH is 1. The van der Waals surface area contributed by atoms with Gasteiger partial charge in [-0.3, -0.25) is 4.57 Å².